The van der Waals surface area contributed by atoms with Crippen molar-refractivity contribution in [3.05, 3.63) is 102 Å². The SMILES string of the molecule is Cc1cccc(NC(=O)CNC(=O)CN(Cc2ccccc2)C(=O)C(Cl)c2ccccc2)c1. The van der Waals surface area contributed by atoms with Crippen LogP contribution in [0, 0.1) is 6.92 Å². The number of hydrogen-bond donors (Lipinski definition) is 2. The van der Waals surface area contributed by atoms with Crippen molar-refractivity contribution >= 4 is 35.0 Å². The highest BCUT2D eigenvalue weighted by Gasteiger charge is 2.26. The maximum Gasteiger partial charge on any atom is 0.245 e. The summed E-state index contributed by atoms with van der Waals surface area (Å²) in [5.41, 5.74) is 3.19. The second-order valence-electron chi connectivity index (χ2n) is 7.65. The maximum absolute atomic E-state index is 13.1. The molecule has 3 aromatic carbocycles. The Morgan fingerprint density at radius 1 is 0.879 bits per heavy atom. The van der Waals surface area contributed by atoms with Crippen molar-refractivity contribution in [1.29, 1.82) is 0 Å². The number of carbonyl (C=O) groups excluding carboxylic acids is 3. The van der Waals surface area contributed by atoms with Gasteiger partial charge >= 0.3 is 0 Å². The molecule has 0 radical (unpaired) electrons. The van der Waals surface area contributed by atoms with Gasteiger partial charge in [0.25, 0.3) is 0 Å². The largest absolute Gasteiger partial charge is 0.345 e. The summed E-state index contributed by atoms with van der Waals surface area (Å²) in [7, 11) is 0. The topological polar surface area (TPSA) is 78.5 Å². The van der Waals surface area contributed by atoms with Crippen molar-refractivity contribution < 1.29 is 14.4 Å². The van der Waals surface area contributed by atoms with Crippen LogP contribution in [0.2, 0.25) is 0 Å². The number of alkyl halides is 1. The zero-order chi connectivity index (χ0) is 23.6. The van der Waals surface area contributed by atoms with Crippen LogP contribution in [0.3, 0.4) is 0 Å². The number of benzene rings is 3. The van der Waals surface area contributed by atoms with Crippen molar-refractivity contribution in [1.82, 2.24) is 10.2 Å². The van der Waals surface area contributed by atoms with Gasteiger partial charge in [0.05, 0.1) is 13.1 Å². The standard InChI is InChI=1S/C26H26ClN3O3/c1-19-9-8-14-22(15-19)29-23(31)16-28-24(32)18-30(17-20-10-4-2-5-11-20)26(33)25(27)21-12-6-3-7-13-21/h2-15,25H,16-18H2,1H3,(H,28,32)(H,29,31). The molecule has 2 N–H and O–H groups in total. The predicted molar refractivity (Wildman–Crippen MR) is 130 cm³/mol. The van der Waals surface area contributed by atoms with Gasteiger partial charge in [-0.3, -0.25) is 14.4 Å². The summed E-state index contributed by atoms with van der Waals surface area (Å²) in [6.07, 6.45) is 0. The number of amides is 3. The van der Waals surface area contributed by atoms with Crippen molar-refractivity contribution in [2.45, 2.75) is 18.8 Å². The Morgan fingerprint density at radius 2 is 1.55 bits per heavy atom. The van der Waals surface area contributed by atoms with Crippen LogP contribution in [0.5, 0.6) is 0 Å². The van der Waals surface area contributed by atoms with Crippen LogP contribution in [0.15, 0.2) is 84.9 Å². The van der Waals surface area contributed by atoms with Gasteiger partial charge in [-0.25, -0.2) is 0 Å². The number of nitrogens with zero attached hydrogens (tertiary/aromatic N) is 1. The minimum Gasteiger partial charge on any atom is -0.345 e. The first-order chi connectivity index (χ1) is 15.9. The summed E-state index contributed by atoms with van der Waals surface area (Å²) in [6.45, 7) is 1.72. The molecular weight excluding hydrogens is 438 g/mol. The number of anilines is 1. The van der Waals surface area contributed by atoms with E-state index in [1.165, 1.54) is 4.90 Å². The number of carbonyl (C=O) groups is 3. The van der Waals surface area contributed by atoms with Crippen LogP contribution >= 0.6 is 11.6 Å². The molecule has 170 valence electrons. The number of nitrogens with one attached hydrogen (secondary N) is 2. The first-order valence-corrected chi connectivity index (χ1v) is 11.0. The van der Waals surface area contributed by atoms with Gasteiger partial charge in [0.15, 0.2) is 0 Å². The Morgan fingerprint density at radius 3 is 2.21 bits per heavy atom. The highest BCUT2D eigenvalue weighted by Crippen LogP contribution is 2.23. The molecule has 0 saturated carbocycles. The van der Waals surface area contributed by atoms with Gasteiger partial charge in [-0.1, -0.05) is 72.8 Å². The zero-order valence-corrected chi connectivity index (χ0v) is 19.1. The van der Waals surface area contributed by atoms with Crippen molar-refractivity contribution in [2.75, 3.05) is 18.4 Å². The van der Waals surface area contributed by atoms with E-state index >= 15 is 0 Å². The number of halogens is 1. The summed E-state index contributed by atoms with van der Waals surface area (Å²) >= 11 is 6.44. The van der Waals surface area contributed by atoms with E-state index in [9.17, 15) is 14.4 Å². The normalized spacial score (nSPS) is 11.3. The second-order valence-corrected chi connectivity index (χ2v) is 8.08. The Bertz CT molecular complexity index is 1090. The van der Waals surface area contributed by atoms with Crippen LogP contribution in [0.4, 0.5) is 5.69 Å². The van der Waals surface area contributed by atoms with Crippen LogP contribution < -0.4 is 10.6 Å². The molecule has 3 amide bonds. The third kappa shape index (κ3) is 7.47. The number of hydrogen-bond acceptors (Lipinski definition) is 3. The molecule has 0 aliphatic rings. The molecule has 1 unspecified atom stereocenters. The molecule has 0 fully saturated rings. The van der Waals surface area contributed by atoms with E-state index in [-0.39, 0.29) is 31.4 Å². The first kappa shape index (κ1) is 24.0. The average molecular weight is 464 g/mol. The molecule has 1 atom stereocenters. The van der Waals surface area contributed by atoms with E-state index in [0.717, 1.165) is 11.1 Å². The lowest BCUT2D eigenvalue weighted by molar-refractivity contribution is -0.136. The van der Waals surface area contributed by atoms with E-state index in [0.29, 0.717) is 11.3 Å². The van der Waals surface area contributed by atoms with E-state index in [2.05, 4.69) is 10.6 Å². The van der Waals surface area contributed by atoms with E-state index in [4.69, 9.17) is 11.6 Å². The Balaban J connectivity index is 1.62. The lowest BCUT2D eigenvalue weighted by atomic mass is 10.1. The summed E-state index contributed by atoms with van der Waals surface area (Å²) < 4.78 is 0. The Labute approximate surface area is 198 Å². The fourth-order valence-electron chi connectivity index (χ4n) is 3.28. The van der Waals surface area contributed by atoms with Crippen LogP contribution in [0.25, 0.3) is 0 Å². The number of aryl methyl sites for hydroxylation is 1. The third-order valence-electron chi connectivity index (χ3n) is 4.92. The van der Waals surface area contributed by atoms with Gasteiger partial charge in [-0.05, 0) is 35.7 Å². The quantitative estimate of drug-likeness (QED) is 0.470. The summed E-state index contributed by atoms with van der Waals surface area (Å²) in [6, 6.07) is 25.7. The van der Waals surface area contributed by atoms with Gasteiger partial charge in [-0.2, -0.15) is 0 Å². The van der Waals surface area contributed by atoms with Gasteiger partial charge < -0.3 is 15.5 Å². The zero-order valence-electron chi connectivity index (χ0n) is 18.3. The molecule has 0 aromatic heterocycles. The fraction of sp³-hybridized carbons (Fsp3) is 0.192. The van der Waals surface area contributed by atoms with E-state index in [1.54, 1.807) is 30.3 Å². The van der Waals surface area contributed by atoms with Gasteiger partial charge in [-0.15, -0.1) is 11.6 Å². The number of rotatable bonds is 9. The van der Waals surface area contributed by atoms with Gasteiger partial charge in [0.1, 0.15) is 5.38 Å². The van der Waals surface area contributed by atoms with Gasteiger partial charge in [0.2, 0.25) is 17.7 Å². The van der Waals surface area contributed by atoms with E-state index < -0.39 is 11.3 Å². The fourth-order valence-corrected chi connectivity index (χ4v) is 3.56. The van der Waals surface area contributed by atoms with Crippen molar-refractivity contribution in [2.24, 2.45) is 0 Å². The molecule has 0 bridgehead atoms. The molecule has 0 aliphatic heterocycles. The molecular formula is C26H26ClN3O3. The van der Waals surface area contributed by atoms with Crippen molar-refractivity contribution in [3.63, 3.8) is 0 Å². The molecule has 7 heteroatoms. The monoisotopic (exact) mass is 463 g/mol. The predicted octanol–water partition coefficient (Wildman–Crippen LogP) is 4.06. The molecule has 0 heterocycles. The third-order valence-corrected chi connectivity index (χ3v) is 5.36. The minimum atomic E-state index is -0.924. The molecule has 33 heavy (non-hydrogen) atoms. The molecule has 3 rings (SSSR count). The highest BCUT2D eigenvalue weighted by atomic mass is 35.5. The summed E-state index contributed by atoms with van der Waals surface area (Å²) in [4.78, 5) is 39.3. The van der Waals surface area contributed by atoms with Crippen molar-refractivity contribution in [3.8, 4) is 0 Å². The Hall–Kier alpha value is -3.64. The maximum atomic E-state index is 13.1. The highest BCUT2D eigenvalue weighted by molar-refractivity contribution is 6.30. The molecule has 0 saturated heterocycles. The van der Waals surface area contributed by atoms with E-state index in [1.807, 2.05) is 61.5 Å². The molecule has 0 spiro atoms. The smallest absolute Gasteiger partial charge is 0.245 e. The second kappa shape index (κ2) is 11.8. The minimum absolute atomic E-state index is 0.205. The van der Waals surface area contributed by atoms with Gasteiger partial charge in [0, 0.05) is 12.2 Å². The molecule has 3 aromatic rings. The Kier molecular flexibility index (Phi) is 8.61. The first-order valence-electron chi connectivity index (χ1n) is 10.6. The molecule has 0 aliphatic carbocycles. The lowest BCUT2D eigenvalue weighted by Crippen LogP contribution is -2.43. The molecule has 6 nitrogen and oxygen atoms in total. The van der Waals surface area contributed by atoms with Crippen LogP contribution in [0.1, 0.15) is 22.1 Å². The average Bonchev–Trinajstić information content (AvgIpc) is 2.82. The van der Waals surface area contributed by atoms with Crippen LogP contribution in [-0.4, -0.2) is 35.7 Å². The summed E-state index contributed by atoms with van der Waals surface area (Å²) in [5.74, 6) is -1.18. The van der Waals surface area contributed by atoms with Crippen LogP contribution in [-0.2, 0) is 20.9 Å². The summed E-state index contributed by atoms with van der Waals surface area (Å²) in [5, 5.41) is 4.39. The lowest BCUT2D eigenvalue weighted by Gasteiger charge is -2.25.